The second kappa shape index (κ2) is 7.96. The molecule has 0 aliphatic carbocycles. The van der Waals surface area contributed by atoms with Crippen molar-refractivity contribution in [2.24, 2.45) is 0 Å². The second-order valence-electron chi connectivity index (χ2n) is 6.08. The molecule has 0 unspecified atom stereocenters. The molecule has 1 aliphatic rings. The Balaban J connectivity index is 1.71. The zero-order chi connectivity index (χ0) is 19.6. The zero-order valence-electron chi connectivity index (χ0n) is 14.6. The van der Waals surface area contributed by atoms with Crippen molar-refractivity contribution in [1.82, 2.24) is 4.90 Å². The number of amides is 1. The Bertz CT molecular complexity index is 940. The van der Waals surface area contributed by atoms with Crippen molar-refractivity contribution in [2.45, 2.75) is 11.8 Å². The van der Waals surface area contributed by atoms with Crippen LogP contribution in [0.3, 0.4) is 0 Å². The predicted molar refractivity (Wildman–Crippen MR) is 105 cm³/mol. The molecule has 0 atom stereocenters. The van der Waals surface area contributed by atoms with E-state index >= 15 is 0 Å². The Labute approximate surface area is 168 Å². The van der Waals surface area contributed by atoms with Gasteiger partial charge in [0.15, 0.2) is 0 Å². The summed E-state index contributed by atoms with van der Waals surface area (Å²) in [6, 6.07) is 11.1. The number of halogens is 2. The summed E-state index contributed by atoms with van der Waals surface area (Å²) in [6.07, 6.45) is 0. The molecule has 0 spiro atoms. The molecule has 0 N–H and O–H groups in total. The fourth-order valence-corrected chi connectivity index (χ4v) is 4.51. The van der Waals surface area contributed by atoms with Crippen molar-refractivity contribution in [1.29, 1.82) is 0 Å². The predicted octanol–water partition coefficient (Wildman–Crippen LogP) is 3.43. The molecule has 1 aliphatic heterocycles. The van der Waals surface area contributed by atoms with Crippen molar-refractivity contribution in [3.05, 3.63) is 52.5 Å². The van der Waals surface area contributed by atoms with E-state index in [1.807, 2.05) is 0 Å². The van der Waals surface area contributed by atoms with Gasteiger partial charge < -0.3 is 14.0 Å². The van der Waals surface area contributed by atoms with Crippen LogP contribution in [0.1, 0.15) is 6.92 Å². The van der Waals surface area contributed by atoms with Gasteiger partial charge in [0.05, 0.1) is 10.0 Å². The maximum Gasteiger partial charge on any atom is 0.340 e. The van der Waals surface area contributed by atoms with E-state index in [9.17, 15) is 13.2 Å². The van der Waals surface area contributed by atoms with Gasteiger partial charge in [0.2, 0.25) is 5.91 Å². The lowest BCUT2D eigenvalue weighted by molar-refractivity contribution is -0.129. The first-order valence-corrected chi connectivity index (χ1v) is 10.4. The summed E-state index contributed by atoms with van der Waals surface area (Å²) < 4.78 is 30.1. The fourth-order valence-electron chi connectivity index (χ4n) is 2.84. The van der Waals surface area contributed by atoms with Gasteiger partial charge in [-0.3, -0.25) is 4.79 Å². The molecule has 9 heteroatoms. The van der Waals surface area contributed by atoms with Crippen LogP contribution in [0.4, 0.5) is 5.69 Å². The number of piperazine rings is 1. The first-order valence-electron chi connectivity index (χ1n) is 8.27. The van der Waals surface area contributed by atoms with Gasteiger partial charge in [-0.05, 0) is 36.4 Å². The average molecular weight is 429 g/mol. The largest absolute Gasteiger partial charge is 0.379 e. The summed E-state index contributed by atoms with van der Waals surface area (Å²) >= 11 is 11.9. The van der Waals surface area contributed by atoms with Gasteiger partial charge >= 0.3 is 10.1 Å². The first kappa shape index (κ1) is 19.8. The lowest BCUT2D eigenvalue weighted by atomic mass is 10.2. The molecule has 1 amide bonds. The third-order valence-electron chi connectivity index (χ3n) is 4.32. The molecule has 144 valence electrons. The quantitative estimate of drug-likeness (QED) is 0.697. The van der Waals surface area contributed by atoms with Gasteiger partial charge in [-0.1, -0.05) is 29.3 Å². The molecule has 2 aromatic carbocycles. The van der Waals surface area contributed by atoms with Crippen LogP contribution in [-0.2, 0) is 14.9 Å². The van der Waals surface area contributed by atoms with Gasteiger partial charge in [0.1, 0.15) is 10.6 Å². The molecule has 1 saturated heterocycles. The second-order valence-corrected chi connectivity index (χ2v) is 8.38. The van der Waals surface area contributed by atoms with Crippen LogP contribution >= 0.6 is 23.2 Å². The number of carbonyl (C=O) groups excluding carboxylic acids is 1. The summed E-state index contributed by atoms with van der Waals surface area (Å²) in [7, 11) is -4.10. The van der Waals surface area contributed by atoms with E-state index in [0.717, 1.165) is 18.8 Å². The monoisotopic (exact) mass is 428 g/mol. The first-order chi connectivity index (χ1) is 12.8. The Hall–Kier alpha value is -1.96. The molecular formula is C18H18Cl2N2O4S. The van der Waals surface area contributed by atoms with Gasteiger partial charge in [0, 0.05) is 38.8 Å². The zero-order valence-corrected chi connectivity index (χ0v) is 16.9. The molecular weight excluding hydrogens is 411 g/mol. The number of rotatable bonds is 4. The Morgan fingerprint density at radius 1 is 1.00 bits per heavy atom. The topological polar surface area (TPSA) is 66.9 Å². The smallest absolute Gasteiger partial charge is 0.340 e. The van der Waals surface area contributed by atoms with E-state index < -0.39 is 10.1 Å². The molecule has 1 fully saturated rings. The summed E-state index contributed by atoms with van der Waals surface area (Å²) in [6.45, 7) is 4.32. The number of anilines is 1. The molecule has 27 heavy (non-hydrogen) atoms. The van der Waals surface area contributed by atoms with Crippen LogP contribution in [0.15, 0.2) is 47.4 Å². The van der Waals surface area contributed by atoms with Crippen LogP contribution in [0.25, 0.3) is 0 Å². The number of carbonyl (C=O) groups is 1. The molecule has 2 aromatic rings. The Kier molecular flexibility index (Phi) is 5.83. The van der Waals surface area contributed by atoms with Crippen LogP contribution in [-0.4, -0.2) is 45.4 Å². The van der Waals surface area contributed by atoms with E-state index in [4.69, 9.17) is 27.4 Å². The molecule has 6 nitrogen and oxygen atoms in total. The van der Waals surface area contributed by atoms with Crippen LogP contribution in [0.5, 0.6) is 5.75 Å². The highest BCUT2D eigenvalue weighted by molar-refractivity contribution is 7.87. The lowest BCUT2D eigenvalue weighted by Gasteiger charge is -2.35. The van der Waals surface area contributed by atoms with Crippen molar-refractivity contribution in [3.8, 4) is 5.75 Å². The third-order valence-corrected chi connectivity index (χ3v) is 6.54. The van der Waals surface area contributed by atoms with E-state index in [1.54, 1.807) is 36.1 Å². The van der Waals surface area contributed by atoms with E-state index in [1.165, 1.54) is 18.2 Å². The third kappa shape index (κ3) is 4.48. The van der Waals surface area contributed by atoms with Gasteiger partial charge in [0.25, 0.3) is 0 Å². The molecule has 0 saturated carbocycles. The van der Waals surface area contributed by atoms with E-state index in [0.29, 0.717) is 13.1 Å². The minimum Gasteiger partial charge on any atom is -0.379 e. The standard InChI is InChI=1S/C18H18Cl2N2O4S/c1-13(23)21-9-11-22(12-10-21)14-5-7-15(8-6-14)26-27(24,25)17-4-2-3-16(19)18(17)20/h2-8H,9-12H2,1H3. The molecule has 3 rings (SSSR count). The van der Waals surface area contributed by atoms with E-state index in [-0.39, 0.29) is 26.6 Å². The Morgan fingerprint density at radius 3 is 2.22 bits per heavy atom. The highest BCUT2D eigenvalue weighted by atomic mass is 35.5. The summed E-state index contributed by atoms with van der Waals surface area (Å²) in [5.74, 6) is 0.250. The van der Waals surface area contributed by atoms with Crippen molar-refractivity contribution in [2.75, 3.05) is 31.1 Å². The van der Waals surface area contributed by atoms with Gasteiger partial charge in [-0.25, -0.2) is 0 Å². The lowest BCUT2D eigenvalue weighted by Crippen LogP contribution is -2.48. The van der Waals surface area contributed by atoms with Crippen molar-refractivity contribution < 1.29 is 17.4 Å². The van der Waals surface area contributed by atoms with Gasteiger partial charge in [-0.15, -0.1) is 0 Å². The fraction of sp³-hybridized carbons (Fsp3) is 0.278. The summed E-state index contributed by atoms with van der Waals surface area (Å²) in [4.78, 5) is 15.1. The molecule has 0 bridgehead atoms. The van der Waals surface area contributed by atoms with E-state index in [2.05, 4.69) is 4.90 Å². The number of hydrogen-bond donors (Lipinski definition) is 0. The maximum absolute atomic E-state index is 12.4. The van der Waals surface area contributed by atoms with Crippen molar-refractivity contribution >= 4 is 44.9 Å². The summed E-state index contributed by atoms with van der Waals surface area (Å²) in [5.41, 5.74) is 0.934. The number of benzene rings is 2. The highest BCUT2D eigenvalue weighted by Gasteiger charge is 2.22. The van der Waals surface area contributed by atoms with Crippen LogP contribution in [0.2, 0.25) is 10.0 Å². The Morgan fingerprint density at radius 2 is 1.63 bits per heavy atom. The van der Waals surface area contributed by atoms with Crippen LogP contribution in [0, 0.1) is 0 Å². The number of hydrogen-bond acceptors (Lipinski definition) is 5. The molecule has 0 aromatic heterocycles. The SMILES string of the molecule is CC(=O)N1CCN(c2ccc(OS(=O)(=O)c3cccc(Cl)c3Cl)cc2)CC1. The average Bonchev–Trinajstić information content (AvgIpc) is 2.64. The van der Waals surface area contributed by atoms with Crippen molar-refractivity contribution in [3.63, 3.8) is 0 Å². The van der Waals surface area contributed by atoms with Gasteiger partial charge in [-0.2, -0.15) is 8.42 Å². The molecule has 1 heterocycles. The normalized spacial score (nSPS) is 14.9. The molecule has 0 radical (unpaired) electrons. The minimum absolute atomic E-state index is 0.0703. The van der Waals surface area contributed by atoms with Crippen LogP contribution < -0.4 is 9.08 Å². The minimum atomic E-state index is -4.10. The summed E-state index contributed by atoms with van der Waals surface area (Å²) in [5, 5.41) is 0.0699. The number of nitrogens with zero attached hydrogens (tertiary/aromatic N) is 2. The maximum atomic E-state index is 12.4. The highest BCUT2D eigenvalue weighted by Crippen LogP contribution is 2.31.